The van der Waals surface area contributed by atoms with Crippen molar-refractivity contribution in [3.05, 3.63) is 81.3 Å². The Kier molecular flexibility index (Phi) is 6.28. The van der Waals surface area contributed by atoms with Gasteiger partial charge in [-0.25, -0.2) is 4.98 Å². The lowest BCUT2D eigenvalue weighted by Crippen LogP contribution is -2.44. The van der Waals surface area contributed by atoms with Crippen molar-refractivity contribution >= 4 is 34.0 Å². The van der Waals surface area contributed by atoms with Crippen molar-refractivity contribution in [3.63, 3.8) is 0 Å². The standard InChI is InChI=1S/C25H26ClN3O2S/c26-20-8-6-19(7-9-20)25(11-14-31-15-12-25)23(30)28-24-27-21-10-13-29(17-22(21)32-24)16-18-4-2-1-3-5-18/h1-9H,10-17H2,(H,27,28,30). The fourth-order valence-electron chi connectivity index (χ4n) is 4.63. The molecule has 3 aromatic rings. The average Bonchev–Trinajstić information content (AvgIpc) is 3.22. The van der Waals surface area contributed by atoms with Crippen LogP contribution >= 0.6 is 22.9 Å². The van der Waals surface area contributed by atoms with Crippen LogP contribution in [-0.4, -0.2) is 35.5 Å². The van der Waals surface area contributed by atoms with Crippen LogP contribution in [0.2, 0.25) is 5.02 Å². The number of carbonyl (C=O) groups excluding carboxylic acids is 1. The molecule has 1 N–H and O–H groups in total. The van der Waals surface area contributed by atoms with E-state index in [9.17, 15) is 4.79 Å². The van der Waals surface area contributed by atoms with Crippen molar-refractivity contribution in [1.29, 1.82) is 0 Å². The molecule has 0 spiro atoms. The number of halogens is 1. The summed E-state index contributed by atoms with van der Waals surface area (Å²) in [6.07, 6.45) is 2.21. The summed E-state index contributed by atoms with van der Waals surface area (Å²) < 4.78 is 5.57. The van der Waals surface area contributed by atoms with Crippen LogP contribution in [0.5, 0.6) is 0 Å². The maximum Gasteiger partial charge on any atom is 0.236 e. The first-order valence-corrected chi connectivity index (χ1v) is 12.2. The number of anilines is 1. The van der Waals surface area contributed by atoms with E-state index in [1.165, 1.54) is 10.4 Å². The molecule has 2 aromatic carbocycles. The van der Waals surface area contributed by atoms with E-state index in [1.54, 1.807) is 11.3 Å². The zero-order valence-electron chi connectivity index (χ0n) is 17.9. The van der Waals surface area contributed by atoms with Gasteiger partial charge in [-0.05, 0) is 36.1 Å². The monoisotopic (exact) mass is 467 g/mol. The van der Waals surface area contributed by atoms with Gasteiger partial charge in [0.15, 0.2) is 5.13 Å². The van der Waals surface area contributed by atoms with Crippen LogP contribution in [0.25, 0.3) is 0 Å². The average molecular weight is 468 g/mol. The van der Waals surface area contributed by atoms with E-state index in [0.717, 1.165) is 37.3 Å². The number of hydrogen-bond donors (Lipinski definition) is 1. The second-order valence-corrected chi connectivity index (χ2v) is 10.0. The van der Waals surface area contributed by atoms with Gasteiger partial charge in [0.05, 0.1) is 11.1 Å². The van der Waals surface area contributed by atoms with Crippen LogP contribution in [0.1, 0.15) is 34.5 Å². The van der Waals surface area contributed by atoms with Crippen molar-refractivity contribution in [3.8, 4) is 0 Å². The second kappa shape index (κ2) is 9.32. The largest absolute Gasteiger partial charge is 0.381 e. The molecule has 1 fully saturated rings. The lowest BCUT2D eigenvalue weighted by Gasteiger charge is -2.36. The number of aromatic nitrogens is 1. The van der Waals surface area contributed by atoms with Gasteiger partial charge in [-0.3, -0.25) is 9.69 Å². The van der Waals surface area contributed by atoms with E-state index in [-0.39, 0.29) is 5.91 Å². The smallest absolute Gasteiger partial charge is 0.236 e. The fourth-order valence-corrected chi connectivity index (χ4v) is 5.80. The summed E-state index contributed by atoms with van der Waals surface area (Å²) >= 11 is 7.69. The number of nitrogens with one attached hydrogen (secondary N) is 1. The summed E-state index contributed by atoms with van der Waals surface area (Å²) in [5.41, 5.74) is 2.80. The van der Waals surface area contributed by atoms with Gasteiger partial charge in [-0.1, -0.05) is 54.1 Å². The first kappa shape index (κ1) is 21.6. The van der Waals surface area contributed by atoms with Crippen LogP contribution in [0.4, 0.5) is 5.13 Å². The first-order valence-electron chi connectivity index (χ1n) is 11.0. The number of hydrogen-bond acceptors (Lipinski definition) is 5. The van der Waals surface area contributed by atoms with Gasteiger partial charge in [0.2, 0.25) is 5.91 Å². The third-order valence-electron chi connectivity index (χ3n) is 6.46. The molecule has 0 aliphatic carbocycles. The number of rotatable bonds is 5. The third-order valence-corrected chi connectivity index (χ3v) is 7.71. The van der Waals surface area contributed by atoms with Crippen molar-refractivity contribution in [1.82, 2.24) is 9.88 Å². The summed E-state index contributed by atoms with van der Waals surface area (Å²) in [5.74, 6) is -0.00430. The van der Waals surface area contributed by atoms with E-state index in [4.69, 9.17) is 21.3 Å². The van der Waals surface area contributed by atoms with Gasteiger partial charge in [0.1, 0.15) is 0 Å². The molecule has 166 valence electrons. The highest BCUT2D eigenvalue weighted by Crippen LogP contribution is 2.38. The van der Waals surface area contributed by atoms with Crippen LogP contribution in [0.15, 0.2) is 54.6 Å². The van der Waals surface area contributed by atoms with E-state index in [2.05, 4.69) is 34.5 Å². The first-order chi connectivity index (χ1) is 15.6. The number of ether oxygens (including phenoxy) is 1. The number of fused-ring (bicyclic) bond motifs is 1. The van der Waals surface area contributed by atoms with Crippen molar-refractivity contribution < 1.29 is 9.53 Å². The summed E-state index contributed by atoms with van der Waals surface area (Å²) in [4.78, 5) is 22.0. The Labute approximate surface area is 197 Å². The minimum Gasteiger partial charge on any atom is -0.381 e. The van der Waals surface area contributed by atoms with Gasteiger partial charge in [0, 0.05) is 49.2 Å². The predicted molar refractivity (Wildman–Crippen MR) is 128 cm³/mol. The zero-order chi connectivity index (χ0) is 22.0. The van der Waals surface area contributed by atoms with Crippen molar-refractivity contribution in [2.75, 3.05) is 25.1 Å². The Morgan fingerprint density at radius 1 is 1.12 bits per heavy atom. The Hall–Kier alpha value is -2.25. The van der Waals surface area contributed by atoms with E-state index < -0.39 is 5.41 Å². The van der Waals surface area contributed by atoms with Crippen LogP contribution in [0, 0.1) is 0 Å². The Balaban J connectivity index is 1.32. The summed E-state index contributed by atoms with van der Waals surface area (Å²) in [6, 6.07) is 18.2. The number of nitrogens with zero attached hydrogens (tertiary/aromatic N) is 2. The Bertz CT molecular complexity index is 1080. The van der Waals surface area contributed by atoms with Gasteiger partial charge < -0.3 is 10.1 Å². The number of amides is 1. The summed E-state index contributed by atoms with van der Waals surface area (Å²) in [7, 11) is 0. The molecule has 2 aliphatic rings. The van der Waals surface area contributed by atoms with Crippen LogP contribution < -0.4 is 5.32 Å². The maximum atomic E-state index is 13.5. The molecule has 3 heterocycles. The highest BCUT2D eigenvalue weighted by atomic mass is 35.5. The zero-order valence-corrected chi connectivity index (χ0v) is 19.4. The lowest BCUT2D eigenvalue weighted by molar-refractivity contribution is -0.125. The number of carbonyl (C=O) groups is 1. The summed E-state index contributed by atoms with van der Waals surface area (Å²) in [6.45, 7) is 3.91. The van der Waals surface area contributed by atoms with Gasteiger partial charge >= 0.3 is 0 Å². The van der Waals surface area contributed by atoms with Gasteiger partial charge in [-0.15, -0.1) is 11.3 Å². The van der Waals surface area contributed by atoms with Crippen LogP contribution in [0.3, 0.4) is 0 Å². The number of thiazole rings is 1. The predicted octanol–water partition coefficient (Wildman–Crippen LogP) is 5.04. The van der Waals surface area contributed by atoms with Crippen molar-refractivity contribution in [2.24, 2.45) is 0 Å². The molecule has 0 radical (unpaired) electrons. The molecule has 5 nitrogen and oxygen atoms in total. The minimum atomic E-state index is -0.617. The van der Waals surface area contributed by atoms with Gasteiger partial charge in [-0.2, -0.15) is 0 Å². The molecule has 5 rings (SSSR count). The van der Waals surface area contributed by atoms with E-state index >= 15 is 0 Å². The normalized spacial score (nSPS) is 18.2. The van der Waals surface area contributed by atoms with Crippen LogP contribution in [-0.2, 0) is 34.5 Å². The SMILES string of the molecule is O=C(Nc1nc2c(s1)CN(Cc1ccccc1)CC2)C1(c2ccc(Cl)cc2)CCOCC1. The van der Waals surface area contributed by atoms with Gasteiger partial charge in [0.25, 0.3) is 0 Å². The Morgan fingerprint density at radius 2 is 1.88 bits per heavy atom. The highest BCUT2D eigenvalue weighted by Gasteiger charge is 2.42. The number of benzene rings is 2. The minimum absolute atomic E-state index is 0.00430. The third kappa shape index (κ3) is 4.46. The molecule has 0 unspecified atom stereocenters. The quantitative estimate of drug-likeness (QED) is 0.571. The lowest BCUT2D eigenvalue weighted by atomic mass is 9.73. The maximum absolute atomic E-state index is 13.5. The topological polar surface area (TPSA) is 54.5 Å². The van der Waals surface area contributed by atoms with E-state index in [1.807, 2.05) is 30.3 Å². The van der Waals surface area contributed by atoms with E-state index in [0.29, 0.717) is 36.2 Å². The molecule has 1 amide bonds. The Morgan fingerprint density at radius 3 is 2.62 bits per heavy atom. The molecule has 0 saturated carbocycles. The molecule has 0 atom stereocenters. The molecule has 1 aromatic heterocycles. The molecule has 7 heteroatoms. The highest BCUT2D eigenvalue weighted by molar-refractivity contribution is 7.15. The molecule has 0 bridgehead atoms. The molecule has 1 saturated heterocycles. The molecule has 2 aliphatic heterocycles. The fraction of sp³-hybridized carbons (Fsp3) is 0.360. The van der Waals surface area contributed by atoms with Crippen molar-refractivity contribution in [2.45, 2.75) is 37.8 Å². The molecular formula is C25H26ClN3O2S. The molecule has 32 heavy (non-hydrogen) atoms. The second-order valence-electron chi connectivity index (χ2n) is 8.49. The molecular weight excluding hydrogens is 442 g/mol. The summed E-state index contributed by atoms with van der Waals surface area (Å²) in [5, 5.41) is 4.51.